The van der Waals surface area contributed by atoms with Crippen molar-refractivity contribution in [3.8, 4) is 11.1 Å². The van der Waals surface area contributed by atoms with Crippen LogP contribution in [0.5, 0.6) is 0 Å². The number of benzene rings is 3. The van der Waals surface area contributed by atoms with Gasteiger partial charge in [0.15, 0.2) is 0 Å². The lowest BCUT2D eigenvalue weighted by Crippen LogP contribution is -2.44. The number of hydrogen-bond donors (Lipinski definition) is 3. The predicted molar refractivity (Wildman–Crippen MR) is 144 cm³/mol. The molecule has 8 nitrogen and oxygen atoms in total. The van der Waals surface area contributed by atoms with Gasteiger partial charge in [0.25, 0.3) is 5.91 Å². The molecule has 0 radical (unpaired) electrons. The molecule has 38 heavy (non-hydrogen) atoms. The van der Waals surface area contributed by atoms with Gasteiger partial charge in [-0.15, -0.1) is 0 Å². The first-order valence-electron chi connectivity index (χ1n) is 11.6. The van der Waals surface area contributed by atoms with E-state index in [2.05, 4.69) is 15.0 Å². The summed E-state index contributed by atoms with van der Waals surface area (Å²) in [5.41, 5.74) is 1.40. The van der Waals surface area contributed by atoms with E-state index >= 15 is 0 Å². The third kappa shape index (κ3) is 5.17. The number of nitrogens with zero attached hydrogens (tertiary/aromatic N) is 1. The van der Waals surface area contributed by atoms with E-state index in [1.807, 2.05) is 12.1 Å². The summed E-state index contributed by atoms with van der Waals surface area (Å²) in [5.74, 6) is -2.25. The summed E-state index contributed by atoms with van der Waals surface area (Å²) in [6.45, 7) is 0. The van der Waals surface area contributed by atoms with Gasteiger partial charge in [0.05, 0.1) is 10.5 Å². The molecule has 1 amide bonds. The molecule has 2 atom stereocenters. The van der Waals surface area contributed by atoms with Gasteiger partial charge < -0.3 is 10.4 Å². The summed E-state index contributed by atoms with van der Waals surface area (Å²) in [5, 5.41) is 13.4. The smallest absolute Gasteiger partial charge is 0.325 e. The van der Waals surface area contributed by atoms with Crippen molar-refractivity contribution in [3.63, 3.8) is 0 Å². The van der Waals surface area contributed by atoms with Crippen molar-refractivity contribution in [1.29, 1.82) is 0 Å². The highest BCUT2D eigenvalue weighted by molar-refractivity contribution is 7.89. The SMILES string of the molecule is O=C(Nc1cccc([C@@H]2C[C@]2(NS(=O)(=O)c2ccc(-c3ccc(Cl)cc3)cc2)C(=O)O)c1)c1cccnc1. The molecule has 1 aromatic heterocycles. The van der Waals surface area contributed by atoms with Crippen molar-refractivity contribution < 1.29 is 23.1 Å². The number of nitrogens with one attached hydrogen (secondary N) is 2. The van der Waals surface area contributed by atoms with Crippen LogP contribution in [0.3, 0.4) is 0 Å². The molecule has 1 aliphatic carbocycles. The zero-order valence-corrected chi connectivity index (χ0v) is 21.4. The third-order valence-electron chi connectivity index (χ3n) is 6.47. The Bertz CT molecular complexity index is 1610. The highest BCUT2D eigenvalue weighted by atomic mass is 35.5. The van der Waals surface area contributed by atoms with Gasteiger partial charge in [-0.1, -0.05) is 48.0 Å². The molecule has 5 rings (SSSR count). The number of hydrogen-bond acceptors (Lipinski definition) is 5. The average molecular weight is 548 g/mol. The van der Waals surface area contributed by atoms with E-state index in [4.69, 9.17) is 11.6 Å². The van der Waals surface area contributed by atoms with E-state index < -0.39 is 27.4 Å². The summed E-state index contributed by atoms with van der Waals surface area (Å²) < 4.78 is 28.8. The lowest BCUT2D eigenvalue weighted by Gasteiger charge is -2.16. The van der Waals surface area contributed by atoms with Gasteiger partial charge >= 0.3 is 5.97 Å². The summed E-state index contributed by atoms with van der Waals surface area (Å²) in [6.07, 6.45) is 3.07. The van der Waals surface area contributed by atoms with E-state index in [-0.39, 0.29) is 17.2 Å². The van der Waals surface area contributed by atoms with Crippen molar-refractivity contribution >= 4 is 39.2 Å². The van der Waals surface area contributed by atoms with Gasteiger partial charge in [0, 0.05) is 29.0 Å². The standard InChI is InChI=1S/C28H22ClN3O5S/c29-22-10-6-18(7-11-22)19-8-12-24(13-9-19)38(36,37)32-28(27(34)35)16-25(28)20-3-1-5-23(15-20)31-26(33)21-4-2-14-30-17-21/h1-15,17,25,32H,16H2,(H,31,33)(H,34,35)/t25-,28+/m0/s1. The highest BCUT2D eigenvalue weighted by Crippen LogP contribution is 2.52. The largest absolute Gasteiger partial charge is 0.480 e. The van der Waals surface area contributed by atoms with Crippen LogP contribution in [0.15, 0.2) is 102 Å². The summed E-state index contributed by atoms with van der Waals surface area (Å²) in [4.78, 5) is 28.6. The maximum absolute atomic E-state index is 13.2. The van der Waals surface area contributed by atoms with Gasteiger partial charge in [-0.05, 0) is 71.6 Å². The number of carboxylic acids is 1. The second-order valence-electron chi connectivity index (χ2n) is 8.99. The Kier molecular flexibility index (Phi) is 6.75. The van der Waals surface area contributed by atoms with E-state index in [0.29, 0.717) is 21.8 Å². The summed E-state index contributed by atoms with van der Waals surface area (Å²) in [6, 6.07) is 23.3. The van der Waals surface area contributed by atoms with Crippen molar-refractivity contribution in [1.82, 2.24) is 9.71 Å². The Morgan fingerprint density at radius 1 is 0.947 bits per heavy atom. The molecule has 1 fully saturated rings. The number of anilines is 1. The fourth-order valence-corrected chi connectivity index (χ4v) is 5.89. The molecule has 1 saturated carbocycles. The van der Waals surface area contributed by atoms with Crippen molar-refractivity contribution in [3.05, 3.63) is 113 Å². The van der Waals surface area contributed by atoms with Crippen LogP contribution in [-0.2, 0) is 14.8 Å². The number of amides is 1. The summed E-state index contributed by atoms with van der Waals surface area (Å²) in [7, 11) is -4.14. The van der Waals surface area contributed by atoms with E-state index in [0.717, 1.165) is 11.1 Å². The Morgan fingerprint density at radius 3 is 2.26 bits per heavy atom. The number of rotatable bonds is 8. The third-order valence-corrected chi connectivity index (χ3v) is 8.25. The normalized spacial score (nSPS) is 18.5. The number of sulfonamides is 1. The first-order chi connectivity index (χ1) is 18.2. The van der Waals surface area contributed by atoms with Gasteiger partial charge in [-0.25, -0.2) is 8.42 Å². The molecule has 4 aromatic rings. The van der Waals surface area contributed by atoms with Gasteiger partial charge in [0.2, 0.25) is 10.0 Å². The minimum atomic E-state index is -4.14. The quantitative estimate of drug-likeness (QED) is 0.287. The Labute approximate surface area is 224 Å². The Morgan fingerprint density at radius 2 is 1.63 bits per heavy atom. The van der Waals surface area contributed by atoms with Crippen LogP contribution in [0.4, 0.5) is 5.69 Å². The van der Waals surface area contributed by atoms with Crippen LogP contribution < -0.4 is 10.0 Å². The molecule has 3 aromatic carbocycles. The van der Waals surface area contributed by atoms with Crippen LogP contribution in [-0.4, -0.2) is 35.9 Å². The first-order valence-corrected chi connectivity index (χ1v) is 13.5. The second kappa shape index (κ2) is 10.0. The molecule has 0 unspecified atom stereocenters. The van der Waals surface area contributed by atoms with Crippen LogP contribution in [0.25, 0.3) is 11.1 Å². The molecule has 0 spiro atoms. The fraction of sp³-hybridized carbons (Fsp3) is 0.107. The fourth-order valence-electron chi connectivity index (χ4n) is 4.36. The predicted octanol–water partition coefficient (Wildman–Crippen LogP) is 4.94. The van der Waals surface area contributed by atoms with E-state index in [1.165, 1.54) is 18.3 Å². The summed E-state index contributed by atoms with van der Waals surface area (Å²) >= 11 is 5.93. The molecule has 0 aliphatic heterocycles. The van der Waals surface area contributed by atoms with Gasteiger partial charge in [-0.2, -0.15) is 4.72 Å². The molecule has 1 heterocycles. The monoisotopic (exact) mass is 547 g/mol. The maximum atomic E-state index is 13.2. The zero-order chi connectivity index (χ0) is 26.9. The van der Waals surface area contributed by atoms with E-state index in [1.54, 1.807) is 66.9 Å². The molecule has 192 valence electrons. The number of carbonyl (C=O) groups is 2. The zero-order valence-electron chi connectivity index (χ0n) is 19.8. The number of aliphatic carboxylic acids is 1. The topological polar surface area (TPSA) is 125 Å². The lowest BCUT2D eigenvalue weighted by atomic mass is 10.1. The van der Waals surface area contributed by atoms with E-state index in [9.17, 15) is 23.1 Å². The van der Waals surface area contributed by atoms with Crippen molar-refractivity contribution in [2.75, 3.05) is 5.32 Å². The number of carboxylic acid groups (broad SMARTS) is 1. The molecule has 0 bridgehead atoms. The van der Waals surface area contributed by atoms with Crippen LogP contribution in [0.2, 0.25) is 5.02 Å². The van der Waals surface area contributed by atoms with Crippen molar-refractivity contribution in [2.45, 2.75) is 22.8 Å². The molecule has 0 saturated heterocycles. The lowest BCUT2D eigenvalue weighted by molar-refractivity contribution is -0.140. The second-order valence-corrected chi connectivity index (χ2v) is 11.1. The average Bonchev–Trinajstić information content (AvgIpc) is 3.65. The van der Waals surface area contributed by atoms with Crippen LogP contribution in [0, 0.1) is 0 Å². The maximum Gasteiger partial charge on any atom is 0.325 e. The molecule has 1 aliphatic rings. The molecule has 3 N–H and O–H groups in total. The molecule has 10 heteroatoms. The van der Waals surface area contributed by atoms with Crippen LogP contribution in [0.1, 0.15) is 28.3 Å². The van der Waals surface area contributed by atoms with Gasteiger partial charge in [0.1, 0.15) is 5.54 Å². The van der Waals surface area contributed by atoms with Crippen molar-refractivity contribution in [2.24, 2.45) is 0 Å². The highest BCUT2D eigenvalue weighted by Gasteiger charge is 2.63. The number of carbonyl (C=O) groups excluding carboxylic acids is 1. The Balaban J connectivity index is 1.34. The van der Waals surface area contributed by atoms with Crippen LogP contribution >= 0.6 is 11.6 Å². The minimum absolute atomic E-state index is 0.0426. The Hall–Kier alpha value is -4.05. The minimum Gasteiger partial charge on any atom is -0.480 e. The number of halogens is 1. The molecular weight excluding hydrogens is 526 g/mol. The molecular formula is C28H22ClN3O5S. The first kappa shape index (κ1) is 25.6. The number of pyridine rings is 1. The number of aromatic nitrogens is 1. The van der Waals surface area contributed by atoms with Gasteiger partial charge in [-0.3, -0.25) is 14.6 Å².